The third-order valence-corrected chi connectivity index (χ3v) is 8.06. The maximum atomic E-state index is 12.4. The Morgan fingerprint density at radius 2 is 2.05 bits per heavy atom. The molecule has 0 aliphatic carbocycles. The molecule has 0 aromatic rings. The molecule has 2 fully saturated rings. The predicted molar refractivity (Wildman–Crippen MR) is 86.0 cm³/mol. The number of carbonyl (C=O) groups excluding carboxylic acids is 1. The summed E-state index contributed by atoms with van der Waals surface area (Å²) in [6.07, 6.45) is 0.410. The van der Waals surface area contributed by atoms with Crippen molar-refractivity contribution in [3.05, 3.63) is 0 Å². The van der Waals surface area contributed by atoms with Crippen LogP contribution in [0, 0.1) is 0 Å². The van der Waals surface area contributed by atoms with E-state index in [-0.39, 0.29) is 17.7 Å². The van der Waals surface area contributed by atoms with Gasteiger partial charge in [0.25, 0.3) is 0 Å². The fourth-order valence-electron chi connectivity index (χ4n) is 2.44. The second-order valence-electron chi connectivity index (χ2n) is 5.00. The number of hydrogen-bond donors (Lipinski definition) is 1. The van der Waals surface area contributed by atoms with Crippen molar-refractivity contribution >= 4 is 39.3 Å². The second-order valence-corrected chi connectivity index (χ2v) is 9.75. The van der Waals surface area contributed by atoms with Crippen molar-refractivity contribution < 1.29 is 13.2 Å². The summed E-state index contributed by atoms with van der Waals surface area (Å²) in [5.74, 6) is 3.42. The van der Waals surface area contributed by atoms with Crippen LogP contribution in [0.15, 0.2) is 0 Å². The smallest absolute Gasteiger partial charge is 0.225 e. The number of nitrogens with zero attached hydrogens (tertiary/aromatic N) is 1. The first-order valence-corrected chi connectivity index (χ1v) is 11.0. The van der Waals surface area contributed by atoms with Crippen molar-refractivity contribution in [1.29, 1.82) is 0 Å². The van der Waals surface area contributed by atoms with Crippen LogP contribution in [0.5, 0.6) is 0 Å². The molecule has 2 heterocycles. The maximum Gasteiger partial charge on any atom is 0.225 e. The summed E-state index contributed by atoms with van der Waals surface area (Å²) in [4.78, 5) is 14.0. The highest BCUT2D eigenvalue weighted by Gasteiger charge is 2.36. The Hall–Kier alpha value is 0.0800. The fourth-order valence-corrected chi connectivity index (χ4v) is 6.37. The van der Waals surface area contributed by atoms with Gasteiger partial charge < -0.3 is 10.2 Å². The first kappa shape index (κ1) is 16.5. The van der Waals surface area contributed by atoms with Gasteiger partial charge in [-0.15, -0.1) is 0 Å². The van der Waals surface area contributed by atoms with E-state index in [1.54, 1.807) is 23.6 Å². The SMILES string of the molecule is CCS(=O)(=O)C1CSCCN1C(=O)CC1CSCCN1. The topological polar surface area (TPSA) is 66.5 Å². The second kappa shape index (κ2) is 7.38. The lowest BCUT2D eigenvalue weighted by Gasteiger charge is -2.36. The van der Waals surface area contributed by atoms with E-state index in [1.165, 1.54) is 0 Å². The van der Waals surface area contributed by atoms with Crippen LogP contribution in [0.2, 0.25) is 0 Å². The Balaban J connectivity index is 2.01. The Morgan fingerprint density at radius 1 is 1.30 bits per heavy atom. The van der Waals surface area contributed by atoms with Gasteiger partial charge in [-0.1, -0.05) is 6.92 Å². The predicted octanol–water partition coefficient (Wildman–Crippen LogP) is 0.418. The third kappa shape index (κ3) is 4.05. The molecule has 1 amide bonds. The fraction of sp³-hybridized carbons (Fsp3) is 0.917. The molecule has 2 rings (SSSR count). The van der Waals surface area contributed by atoms with Crippen LogP contribution in [-0.4, -0.2) is 72.5 Å². The molecule has 20 heavy (non-hydrogen) atoms. The Kier molecular flexibility index (Phi) is 6.07. The largest absolute Gasteiger partial charge is 0.324 e. The monoisotopic (exact) mass is 338 g/mol. The highest BCUT2D eigenvalue weighted by Crippen LogP contribution is 2.23. The summed E-state index contributed by atoms with van der Waals surface area (Å²) in [5, 5.41) is 2.70. The number of nitrogens with one attached hydrogen (secondary N) is 1. The molecule has 116 valence electrons. The first-order chi connectivity index (χ1) is 9.54. The number of carbonyl (C=O) groups is 1. The summed E-state index contributed by atoms with van der Waals surface area (Å²) in [6, 6.07) is 0.181. The normalized spacial score (nSPS) is 28.4. The van der Waals surface area contributed by atoms with Crippen molar-refractivity contribution in [3.8, 4) is 0 Å². The number of hydrogen-bond acceptors (Lipinski definition) is 6. The Labute approximate surface area is 129 Å². The molecule has 2 aliphatic rings. The number of sulfone groups is 1. The molecule has 2 unspecified atom stereocenters. The average Bonchev–Trinajstić information content (AvgIpc) is 2.48. The van der Waals surface area contributed by atoms with Crippen molar-refractivity contribution in [2.24, 2.45) is 0 Å². The molecule has 0 radical (unpaired) electrons. The maximum absolute atomic E-state index is 12.4. The standard InChI is InChI=1S/C12H22N2O3S3/c1-2-20(16,17)12-9-19-6-4-14(12)11(15)7-10-8-18-5-3-13-10/h10,12-13H,2-9H2,1H3. The number of amides is 1. The van der Waals surface area contributed by atoms with Crippen LogP contribution in [-0.2, 0) is 14.6 Å². The van der Waals surface area contributed by atoms with Gasteiger partial charge >= 0.3 is 0 Å². The van der Waals surface area contributed by atoms with Gasteiger partial charge in [0, 0.05) is 54.3 Å². The molecule has 0 aromatic heterocycles. The van der Waals surface area contributed by atoms with Gasteiger partial charge in [-0.05, 0) is 0 Å². The number of rotatable bonds is 4. The van der Waals surface area contributed by atoms with Crippen LogP contribution in [0.1, 0.15) is 13.3 Å². The Morgan fingerprint density at radius 3 is 2.70 bits per heavy atom. The molecule has 2 aliphatic heterocycles. The zero-order valence-corrected chi connectivity index (χ0v) is 14.2. The summed E-state index contributed by atoms with van der Waals surface area (Å²) in [7, 11) is -3.20. The molecular weight excluding hydrogens is 316 g/mol. The minimum absolute atomic E-state index is 0.0210. The first-order valence-electron chi connectivity index (χ1n) is 6.94. The van der Waals surface area contributed by atoms with Gasteiger partial charge in [-0.25, -0.2) is 8.42 Å². The van der Waals surface area contributed by atoms with Crippen LogP contribution in [0.4, 0.5) is 0 Å². The van der Waals surface area contributed by atoms with Crippen LogP contribution in [0.25, 0.3) is 0 Å². The van der Waals surface area contributed by atoms with Gasteiger partial charge in [0.05, 0.1) is 0 Å². The van der Waals surface area contributed by atoms with Crippen LogP contribution >= 0.6 is 23.5 Å². The van der Waals surface area contributed by atoms with Crippen molar-refractivity contribution in [2.45, 2.75) is 24.8 Å². The van der Waals surface area contributed by atoms with E-state index in [4.69, 9.17) is 0 Å². The van der Waals surface area contributed by atoms with Gasteiger partial charge in [0.2, 0.25) is 5.91 Å². The van der Waals surface area contributed by atoms with E-state index >= 15 is 0 Å². The van der Waals surface area contributed by atoms with E-state index in [0.29, 0.717) is 18.7 Å². The van der Waals surface area contributed by atoms with Gasteiger partial charge in [0.15, 0.2) is 9.84 Å². The van der Waals surface area contributed by atoms with Gasteiger partial charge in [-0.2, -0.15) is 23.5 Å². The van der Waals surface area contributed by atoms with E-state index in [0.717, 1.165) is 23.8 Å². The summed E-state index contributed by atoms with van der Waals surface area (Å²) in [5.41, 5.74) is 0. The van der Waals surface area contributed by atoms with Crippen molar-refractivity contribution in [1.82, 2.24) is 10.2 Å². The molecule has 8 heteroatoms. The summed E-state index contributed by atoms with van der Waals surface area (Å²) < 4.78 is 24.3. The molecular formula is C12H22N2O3S3. The highest BCUT2D eigenvalue weighted by molar-refractivity contribution is 8.01. The van der Waals surface area contributed by atoms with E-state index in [9.17, 15) is 13.2 Å². The highest BCUT2D eigenvalue weighted by atomic mass is 32.2. The molecule has 5 nitrogen and oxygen atoms in total. The molecule has 0 saturated carbocycles. The molecule has 2 saturated heterocycles. The molecule has 0 aromatic carbocycles. The minimum atomic E-state index is -3.20. The molecule has 0 spiro atoms. The van der Waals surface area contributed by atoms with E-state index in [1.807, 2.05) is 11.8 Å². The van der Waals surface area contributed by atoms with E-state index < -0.39 is 15.2 Å². The molecule has 0 bridgehead atoms. The molecule has 2 atom stereocenters. The van der Waals surface area contributed by atoms with Gasteiger partial charge in [-0.3, -0.25) is 4.79 Å². The average molecular weight is 339 g/mol. The quantitative estimate of drug-likeness (QED) is 0.801. The lowest BCUT2D eigenvalue weighted by Crippen LogP contribution is -2.52. The lowest BCUT2D eigenvalue weighted by atomic mass is 10.2. The van der Waals surface area contributed by atoms with E-state index in [2.05, 4.69) is 5.32 Å². The third-order valence-electron chi connectivity index (χ3n) is 3.64. The Bertz CT molecular complexity index is 435. The zero-order chi connectivity index (χ0) is 14.6. The van der Waals surface area contributed by atoms with Gasteiger partial charge in [0.1, 0.15) is 5.37 Å². The zero-order valence-electron chi connectivity index (χ0n) is 11.7. The van der Waals surface area contributed by atoms with Crippen molar-refractivity contribution in [2.75, 3.05) is 41.9 Å². The van der Waals surface area contributed by atoms with Crippen molar-refractivity contribution in [3.63, 3.8) is 0 Å². The number of thioether (sulfide) groups is 2. The van der Waals surface area contributed by atoms with Crippen LogP contribution < -0.4 is 5.32 Å². The lowest BCUT2D eigenvalue weighted by molar-refractivity contribution is -0.132. The summed E-state index contributed by atoms with van der Waals surface area (Å²) >= 11 is 3.47. The molecule has 1 N–H and O–H groups in total. The van der Waals surface area contributed by atoms with Crippen LogP contribution in [0.3, 0.4) is 0 Å². The minimum Gasteiger partial charge on any atom is -0.324 e. The summed E-state index contributed by atoms with van der Waals surface area (Å²) in [6.45, 7) is 3.12.